The summed E-state index contributed by atoms with van der Waals surface area (Å²) in [5.74, 6) is 0.00926. The van der Waals surface area contributed by atoms with Gasteiger partial charge >= 0.3 is 5.69 Å². The number of nitro groups is 1. The van der Waals surface area contributed by atoms with E-state index in [1.807, 2.05) is 0 Å². The number of nitrogens with zero attached hydrogens (tertiary/aromatic N) is 5. The quantitative estimate of drug-likeness (QED) is 0.599. The maximum Gasteiger partial charge on any atom is 0.375 e. The summed E-state index contributed by atoms with van der Waals surface area (Å²) in [4.78, 5) is 18.2. The summed E-state index contributed by atoms with van der Waals surface area (Å²) in [6.07, 6.45) is 1.21. The van der Waals surface area contributed by atoms with Crippen LogP contribution in [-0.4, -0.2) is 31.8 Å². The van der Waals surface area contributed by atoms with Crippen LogP contribution in [-0.2, 0) is 0 Å². The maximum atomic E-state index is 11.1. The number of rotatable bonds is 3. The average molecular weight is 249 g/mol. The summed E-state index contributed by atoms with van der Waals surface area (Å²) in [7, 11) is 1.32. The van der Waals surface area contributed by atoms with Crippen LogP contribution in [0.3, 0.4) is 0 Å². The zero-order valence-corrected chi connectivity index (χ0v) is 10.1. The van der Waals surface area contributed by atoms with Gasteiger partial charge in [0.15, 0.2) is 0 Å². The van der Waals surface area contributed by atoms with Crippen LogP contribution in [0.25, 0.3) is 5.82 Å². The number of aromatic nitrogens is 4. The van der Waals surface area contributed by atoms with Gasteiger partial charge in [0.2, 0.25) is 5.82 Å². The molecule has 0 spiro atoms. The first kappa shape index (κ1) is 12.0. The minimum atomic E-state index is -0.579. The fourth-order valence-corrected chi connectivity index (χ4v) is 1.66. The van der Waals surface area contributed by atoms with Gasteiger partial charge in [-0.15, -0.1) is 0 Å². The van der Waals surface area contributed by atoms with Gasteiger partial charge in [-0.2, -0.15) is 10.1 Å². The van der Waals surface area contributed by atoms with Gasteiger partial charge in [-0.05, 0) is 19.9 Å². The summed E-state index contributed by atoms with van der Waals surface area (Å²) in [5.41, 5.74) is 1.20. The summed E-state index contributed by atoms with van der Waals surface area (Å²) < 4.78 is 6.28. The molecule has 8 heteroatoms. The first-order valence-corrected chi connectivity index (χ1v) is 5.11. The molecule has 2 heterocycles. The van der Waals surface area contributed by atoms with E-state index in [-0.39, 0.29) is 17.4 Å². The van der Waals surface area contributed by atoms with Crippen molar-refractivity contribution in [1.82, 2.24) is 19.7 Å². The Hall–Kier alpha value is -2.51. The molecule has 0 aliphatic heterocycles. The molecule has 0 unspecified atom stereocenters. The van der Waals surface area contributed by atoms with E-state index in [0.29, 0.717) is 0 Å². The summed E-state index contributed by atoms with van der Waals surface area (Å²) in [6.45, 7) is 3.59. The molecule has 0 saturated heterocycles. The van der Waals surface area contributed by atoms with Crippen LogP contribution < -0.4 is 4.74 Å². The highest BCUT2D eigenvalue weighted by Gasteiger charge is 2.26. The third kappa shape index (κ3) is 1.88. The standard InChI is InChI=1S/C10H11N5O3/c1-6-4-7(2)14(13-6)9-8(15(16)17)10(18-3)12-5-11-9/h4-5H,1-3H3. The second-order valence-corrected chi connectivity index (χ2v) is 3.65. The highest BCUT2D eigenvalue weighted by Crippen LogP contribution is 2.29. The Kier molecular flexibility index (Phi) is 2.92. The summed E-state index contributed by atoms with van der Waals surface area (Å²) in [5, 5.41) is 15.3. The topological polar surface area (TPSA) is 96.0 Å². The van der Waals surface area contributed by atoms with E-state index >= 15 is 0 Å². The molecule has 0 N–H and O–H groups in total. The van der Waals surface area contributed by atoms with Crippen molar-refractivity contribution in [3.05, 3.63) is 33.9 Å². The van der Waals surface area contributed by atoms with Crippen LogP contribution in [0.2, 0.25) is 0 Å². The lowest BCUT2D eigenvalue weighted by atomic mass is 10.4. The van der Waals surface area contributed by atoms with Gasteiger partial charge in [-0.3, -0.25) is 10.1 Å². The molecular weight excluding hydrogens is 238 g/mol. The Bertz CT molecular complexity index is 608. The van der Waals surface area contributed by atoms with Gasteiger partial charge in [-0.1, -0.05) is 0 Å². The first-order chi connectivity index (χ1) is 8.54. The Morgan fingerprint density at radius 3 is 2.61 bits per heavy atom. The van der Waals surface area contributed by atoms with Crippen LogP contribution in [0.15, 0.2) is 12.4 Å². The van der Waals surface area contributed by atoms with Crippen molar-refractivity contribution in [3.63, 3.8) is 0 Å². The second-order valence-electron chi connectivity index (χ2n) is 3.65. The van der Waals surface area contributed by atoms with Crippen LogP contribution in [0.1, 0.15) is 11.4 Å². The predicted octanol–water partition coefficient (Wildman–Crippen LogP) is 1.20. The van der Waals surface area contributed by atoms with E-state index in [4.69, 9.17) is 4.74 Å². The van der Waals surface area contributed by atoms with Crippen LogP contribution in [0, 0.1) is 24.0 Å². The second kappa shape index (κ2) is 4.40. The molecule has 0 radical (unpaired) electrons. The predicted molar refractivity (Wildman–Crippen MR) is 61.8 cm³/mol. The number of hydrogen-bond acceptors (Lipinski definition) is 6. The van der Waals surface area contributed by atoms with Gasteiger partial charge in [0.05, 0.1) is 17.7 Å². The molecule has 94 valence electrons. The van der Waals surface area contributed by atoms with Crippen LogP contribution in [0.5, 0.6) is 5.88 Å². The van der Waals surface area contributed by atoms with E-state index < -0.39 is 4.92 Å². The molecular formula is C10H11N5O3. The molecule has 0 aliphatic carbocycles. The molecule has 0 aliphatic rings. The van der Waals surface area contributed by atoms with Crippen LogP contribution >= 0.6 is 0 Å². The van der Waals surface area contributed by atoms with Gasteiger partial charge in [0.25, 0.3) is 5.88 Å². The fourth-order valence-electron chi connectivity index (χ4n) is 1.66. The van der Waals surface area contributed by atoms with Crippen LogP contribution in [0.4, 0.5) is 5.69 Å². The van der Waals surface area contributed by atoms with E-state index in [0.717, 1.165) is 11.4 Å². The Morgan fingerprint density at radius 2 is 2.11 bits per heavy atom. The highest BCUT2D eigenvalue weighted by atomic mass is 16.6. The lowest BCUT2D eigenvalue weighted by Gasteiger charge is -2.06. The van der Waals surface area contributed by atoms with Crippen molar-refractivity contribution in [2.45, 2.75) is 13.8 Å². The van der Waals surface area contributed by atoms with Gasteiger partial charge in [0.1, 0.15) is 6.33 Å². The molecule has 2 aromatic heterocycles. The largest absolute Gasteiger partial charge is 0.476 e. The molecule has 0 bridgehead atoms. The van der Waals surface area contributed by atoms with E-state index in [2.05, 4.69) is 15.1 Å². The molecule has 2 aromatic rings. The number of ether oxygens (including phenoxy) is 1. The minimum absolute atomic E-state index is 0.0856. The van der Waals surface area contributed by atoms with E-state index in [9.17, 15) is 10.1 Å². The zero-order chi connectivity index (χ0) is 13.3. The number of methoxy groups -OCH3 is 1. The zero-order valence-electron chi connectivity index (χ0n) is 10.1. The third-order valence-electron chi connectivity index (χ3n) is 2.36. The molecule has 0 aromatic carbocycles. The molecule has 18 heavy (non-hydrogen) atoms. The van der Waals surface area contributed by atoms with Crippen molar-refractivity contribution >= 4 is 5.69 Å². The van der Waals surface area contributed by atoms with Gasteiger partial charge < -0.3 is 4.74 Å². The minimum Gasteiger partial charge on any atom is -0.476 e. The smallest absolute Gasteiger partial charge is 0.375 e. The van der Waals surface area contributed by atoms with Crippen molar-refractivity contribution in [3.8, 4) is 11.7 Å². The molecule has 2 rings (SSSR count). The summed E-state index contributed by atoms with van der Waals surface area (Å²) >= 11 is 0. The van der Waals surface area contributed by atoms with Gasteiger partial charge in [0, 0.05) is 5.69 Å². The van der Waals surface area contributed by atoms with Crippen molar-refractivity contribution in [2.75, 3.05) is 7.11 Å². The third-order valence-corrected chi connectivity index (χ3v) is 2.36. The molecule has 0 saturated carbocycles. The lowest BCUT2D eigenvalue weighted by molar-refractivity contribution is -0.386. The maximum absolute atomic E-state index is 11.1. The van der Waals surface area contributed by atoms with E-state index in [1.165, 1.54) is 18.1 Å². The number of hydrogen-bond donors (Lipinski definition) is 0. The number of aryl methyl sites for hydroxylation is 2. The molecule has 0 amide bonds. The van der Waals surface area contributed by atoms with Crippen molar-refractivity contribution < 1.29 is 9.66 Å². The molecule has 0 atom stereocenters. The average Bonchev–Trinajstić information content (AvgIpc) is 2.67. The normalized spacial score (nSPS) is 10.4. The molecule has 8 nitrogen and oxygen atoms in total. The monoisotopic (exact) mass is 249 g/mol. The van der Waals surface area contributed by atoms with E-state index in [1.54, 1.807) is 19.9 Å². The van der Waals surface area contributed by atoms with Crippen molar-refractivity contribution in [1.29, 1.82) is 0 Å². The van der Waals surface area contributed by atoms with Gasteiger partial charge in [-0.25, -0.2) is 9.67 Å². The summed E-state index contributed by atoms with van der Waals surface area (Å²) in [6, 6.07) is 1.80. The Labute approximate surface area is 102 Å². The SMILES string of the molecule is COc1ncnc(-n2nc(C)cc2C)c1[N+](=O)[O-]. The first-order valence-electron chi connectivity index (χ1n) is 5.11. The molecule has 0 fully saturated rings. The lowest BCUT2D eigenvalue weighted by Crippen LogP contribution is -2.08. The Balaban J connectivity index is 2.71. The highest BCUT2D eigenvalue weighted by molar-refractivity contribution is 5.53. The van der Waals surface area contributed by atoms with Crippen molar-refractivity contribution in [2.24, 2.45) is 0 Å². The Morgan fingerprint density at radius 1 is 1.39 bits per heavy atom. The fraction of sp³-hybridized carbons (Fsp3) is 0.300.